The van der Waals surface area contributed by atoms with Crippen LogP contribution in [-0.4, -0.2) is 8.42 Å². The van der Waals surface area contributed by atoms with Crippen LogP contribution >= 0.6 is 33.3 Å². The van der Waals surface area contributed by atoms with Crippen LogP contribution in [0.15, 0.2) is 24.3 Å². The van der Waals surface area contributed by atoms with E-state index in [0.717, 1.165) is 9.13 Å². The summed E-state index contributed by atoms with van der Waals surface area (Å²) in [5.41, 5.74) is 0.719. The van der Waals surface area contributed by atoms with Gasteiger partial charge in [0.05, 0.1) is 5.75 Å². The van der Waals surface area contributed by atoms with Crippen LogP contribution in [0, 0.1) is 3.57 Å². The molecule has 1 aromatic rings. The van der Waals surface area contributed by atoms with Gasteiger partial charge in [-0.25, -0.2) is 8.42 Å². The smallest absolute Gasteiger partial charge is 0.212 e. The minimum atomic E-state index is -3.43. The molecule has 0 aliphatic rings. The van der Waals surface area contributed by atoms with Crippen LogP contribution < -0.4 is 0 Å². The highest BCUT2D eigenvalue weighted by Gasteiger charge is 2.06. The van der Waals surface area contributed by atoms with Crippen molar-refractivity contribution in [3.8, 4) is 0 Å². The summed E-state index contributed by atoms with van der Waals surface area (Å²) in [5, 5.41) is 0. The molecule has 0 amide bonds. The van der Waals surface area contributed by atoms with Crippen molar-refractivity contribution in [1.29, 1.82) is 0 Å². The predicted molar refractivity (Wildman–Crippen MR) is 57.6 cm³/mol. The van der Waals surface area contributed by atoms with Gasteiger partial charge >= 0.3 is 0 Å². The Bertz CT molecular complexity index is 375. The van der Waals surface area contributed by atoms with Gasteiger partial charge in [-0.05, 0) is 40.3 Å². The maximum atomic E-state index is 10.7. The molecule has 0 aliphatic heterocycles. The minimum Gasteiger partial charge on any atom is -0.212 e. The van der Waals surface area contributed by atoms with Crippen LogP contribution in [0.25, 0.3) is 0 Å². The third-order valence-electron chi connectivity index (χ3n) is 1.23. The van der Waals surface area contributed by atoms with E-state index < -0.39 is 9.05 Å². The van der Waals surface area contributed by atoms with Crippen molar-refractivity contribution in [2.75, 3.05) is 0 Å². The quantitative estimate of drug-likeness (QED) is 0.620. The average molecular weight is 317 g/mol. The van der Waals surface area contributed by atoms with Gasteiger partial charge in [0.2, 0.25) is 9.05 Å². The average Bonchev–Trinajstić information content (AvgIpc) is 1.82. The zero-order valence-electron chi connectivity index (χ0n) is 6.00. The first-order chi connectivity index (χ1) is 5.47. The zero-order valence-corrected chi connectivity index (χ0v) is 9.73. The molecule has 0 saturated carbocycles. The summed E-state index contributed by atoms with van der Waals surface area (Å²) in [5.74, 6) is -0.106. The van der Waals surface area contributed by atoms with E-state index in [1.807, 2.05) is 6.07 Å². The zero-order chi connectivity index (χ0) is 9.19. The van der Waals surface area contributed by atoms with Crippen molar-refractivity contribution in [1.82, 2.24) is 0 Å². The highest BCUT2D eigenvalue weighted by Crippen LogP contribution is 2.12. The predicted octanol–water partition coefficient (Wildman–Crippen LogP) is 2.36. The van der Waals surface area contributed by atoms with E-state index >= 15 is 0 Å². The molecule has 1 rings (SSSR count). The standard InChI is InChI=1S/C7H6ClIO2S/c8-12(10,11)5-6-2-1-3-7(9)4-6/h1-4H,5H2. The molecule has 0 saturated heterocycles. The van der Waals surface area contributed by atoms with Crippen molar-refractivity contribution in [2.45, 2.75) is 5.75 Å². The summed E-state index contributed by atoms with van der Waals surface area (Å²) >= 11 is 2.12. The fraction of sp³-hybridized carbons (Fsp3) is 0.143. The summed E-state index contributed by atoms with van der Waals surface area (Å²) in [6.45, 7) is 0. The van der Waals surface area contributed by atoms with Gasteiger partial charge in [-0.15, -0.1) is 0 Å². The van der Waals surface area contributed by atoms with Crippen molar-refractivity contribution in [3.05, 3.63) is 33.4 Å². The van der Waals surface area contributed by atoms with E-state index in [-0.39, 0.29) is 5.75 Å². The van der Waals surface area contributed by atoms with Gasteiger partial charge in [0.1, 0.15) is 0 Å². The molecule has 0 fully saturated rings. The molecular weight excluding hydrogens is 310 g/mol. The molecule has 0 radical (unpaired) electrons. The van der Waals surface area contributed by atoms with Crippen molar-refractivity contribution < 1.29 is 8.42 Å². The lowest BCUT2D eigenvalue weighted by Gasteiger charge is -1.97. The fourth-order valence-corrected chi connectivity index (χ4v) is 2.39. The monoisotopic (exact) mass is 316 g/mol. The first kappa shape index (κ1) is 10.3. The Morgan fingerprint density at radius 3 is 2.58 bits per heavy atom. The Kier molecular flexibility index (Phi) is 3.37. The Balaban J connectivity index is 2.91. The Labute approximate surface area is 89.5 Å². The van der Waals surface area contributed by atoms with Gasteiger partial charge in [-0.3, -0.25) is 0 Å². The third kappa shape index (κ3) is 3.73. The number of rotatable bonds is 2. The maximum absolute atomic E-state index is 10.7. The molecule has 0 spiro atoms. The molecule has 0 atom stereocenters. The molecule has 5 heteroatoms. The largest absolute Gasteiger partial charge is 0.236 e. The van der Waals surface area contributed by atoms with E-state index in [1.54, 1.807) is 18.2 Å². The summed E-state index contributed by atoms with van der Waals surface area (Å²) < 4.78 is 22.4. The fourth-order valence-electron chi connectivity index (χ4n) is 0.826. The van der Waals surface area contributed by atoms with Crippen LogP contribution in [0.4, 0.5) is 0 Å². The molecule has 1 aromatic carbocycles. The van der Waals surface area contributed by atoms with E-state index in [1.165, 1.54) is 0 Å². The second-order valence-electron chi connectivity index (χ2n) is 2.31. The van der Waals surface area contributed by atoms with E-state index in [4.69, 9.17) is 10.7 Å². The van der Waals surface area contributed by atoms with Crippen LogP contribution in [-0.2, 0) is 14.8 Å². The topological polar surface area (TPSA) is 34.1 Å². The molecule has 2 nitrogen and oxygen atoms in total. The van der Waals surface area contributed by atoms with Crippen molar-refractivity contribution >= 4 is 42.3 Å². The van der Waals surface area contributed by atoms with Gasteiger partial charge in [-0.2, -0.15) is 0 Å². The molecule has 0 aromatic heterocycles. The number of hydrogen-bond donors (Lipinski definition) is 0. The summed E-state index contributed by atoms with van der Waals surface area (Å²) in [7, 11) is 1.66. The molecule has 0 N–H and O–H groups in total. The van der Waals surface area contributed by atoms with E-state index in [0.29, 0.717) is 0 Å². The second kappa shape index (κ2) is 3.93. The van der Waals surface area contributed by atoms with Crippen LogP contribution in [0.2, 0.25) is 0 Å². The SMILES string of the molecule is O=S(=O)(Cl)Cc1cccc(I)c1. The van der Waals surface area contributed by atoms with Crippen LogP contribution in [0.1, 0.15) is 5.56 Å². The summed E-state index contributed by atoms with van der Waals surface area (Å²) in [6.07, 6.45) is 0. The Hall–Kier alpha value is 0.190. The Morgan fingerprint density at radius 1 is 1.42 bits per heavy atom. The van der Waals surface area contributed by atoms with Gasteiger partial charge < -0.3 is 0 Å². The first-order valence-corrected chi connectivity index (χ1v) is 6.70. The maximum Gasteiger partial charge on any atom is 0.236 e. The molecule has 66 valence electrons. The lowest BCUT2D eigenvalue weighted by Crippen LogP contribution is -1.94. The lowest BCUT2D eigenvalue weighted by molar-refractivity contribution is 0.609. The Morgan fingerprint density at radius 2 is 2.08 bits per heavy atom. The number of hydrogen-bond acceptors (Lipinski definition) is 2. The second-order valence-corrected chi connectivity index (χ2v) is 6.34. The highest BCUT2D eigenvalue weighted by molar-refractivity contribution is 14.1. The number of halogens is 2. The summed E-state index contributed by atoms with van der Waals surface area (Å²) in [6, 6.07) is 7.23. The number of benzene rings is 1. The van der Waals surface area contributed by atoms with E-state index in [9.17, 15) is 8.42 Å². The van der Waals surface area contributed by atoms with Gasteiger partial charge in [0, 0.05) is 14.3 Å². The molecule has 0 aliphatic carbocycles. The first-order valence-electron chi connectivity index (χ1n) is 3.14. The van der Waals surface area contributed by atoms with Crippen molar-refractivity contribution in [2.24, 2.45) is 0 Å². The van der Waals surface area contributed by atoms with Crippen molar-refractivity contribution in [3.63, 3.8) is 0 Å². The van der Waals surface area contributed by atoms with Crippen LogP contribution in [0.5, 0.6) is 0 Å². The van der Waals surface area contributed by atoms with Gasteiger partial charge in [0.25, 0.3) is 0 Å². The minimum absolute atomic E-state index is 0.106. The van der Waals surface area contributed by atoms with Gasteiger partial charge in [-0.1, -0.05) is 12.1 Å². The molecular formula is C7H6ClIO2S. The van der Waals surface area contributed by atoms with Crippen LogP contribution in [0.3, 0.4) is 0 Å². The van der Waals surface area contributed by atoms with E-state index in [2.05, 4.69) is 22.6 Å². The molecule has 0 unspecified atom stereocenters. The third-order valence-corrected chi connectivity index (χ3v) is 2.90. The summed E-state index contributed by atoms with van der Waals surface area (Å²) in [4.78, 5) is 0. The molecule has 12 heavy (non-hydrogen) atoms. The molecule has 0 heterocycles. The molecule has 0 bridgehead atoms. The van der Waals surface area contributed by atoms with Gasteiger partial charge in [0.15, 0.2) is 0 Å². The normalized spacial score (nSPS) is 11.5. The highest BCUT2D eigenvalue weighted by atomic mass is 127. The lowest BCUT2D eigenvalue weighted by atomic mass is 10.2.